The summed E-state index contributed by atoms with van der Waals surface area (Å²) in [6, 6.07) is 11.9. The van der Waals surface area contributed by atoms with E-state index in [2.05, 4.69) is 36.6 Å². The van der Waals surface area contributed by atoms with Crippen LogP contribution in [0.3, 0.4) is 0 Å². The first-order valence-corrected chi connectivity index (χ1v) is 9.05. The van der Waals surface area contributed by atoms with Crippen LogP contribution in [0.1, 0.15) is 5.56 Å². The van der Waals surface area contributed by atoms with Crippen LogP contribution in [0.4, 0.5) is 5.69 Å². The number of halogens is 2. The van der Waals surface area contributed by atoms with Gasteiger partial charge in [-0.1, -0.05) is 44.0 Å². The molecule has 0 spiro atoms. The number of ether oxygens (including phenoxy) is 1. The van der Waals surface area contributed by atoms with Gasteiger partial charge in [-0.05, 0) is 30.3 Å². The van der Waals surface area contributed by atoms with Crippen molar-refractivity contribution in [2.75, 3.05) is 11.8 Å². The number of anilines is 1. The average molecular weight is 435 g/mol. The number of methoxy groups -OCH3 is 1. The minimum absolute atomic E-state index is 0.195. The molecule has 1 N–H and O–H groups in total. The monoisotopic (exact) mass is 433 g/mol. The Morgan fingerprint density at radius 1 is 1.14 bits per heavy atom. The van der Waals surface area contributed by atoms with Crippen molar-refractivity contribution in [2.24, 2.45) is 0 Å². The maximum atomic E-state index is 12.4. The summed E-state index contributed by atoms with van der Waals surface area (Å²) in [5, 5.41) is 0. The van der Waals surface area contributed by atoms with Crippen LogP contribution in [-0.2, 0) is 21.4 Å². The van der Waals surface area contributed by atoms with Gasteiger partial charge in [0.05, 0.1) is 17.2 Å². The molecule has 0 amide bonds. The third-order valence-electron chi connectivity index (χ3n) is 2.76. The topological polar surface area (TPSA) is 55.4 Å². The normalized spacial score (nSPS) is 11.4. The molecule has 2 rings (SSSR count). The highest BCUT2D eigenvalue weighted by Crippen LogP contribution is 2.28. The predicted octanol–water partition coefficient (Wildman–Crippen LogP) is 4.16. The molecule has 0 unspecified atom stereocenters. The largest absolute Gasteiger partial charge is 0.380 e. The second-order valence-corrected chi connectivity index (χ2v) is 7.71. The van der Waals surface area contributed by atoms with Gasteiger partial charge in [0, 0.05) is 21.6 Å². The number of nitrogens with one attached hydrogen (secondary N) is 1. The molecule has 4 nitrogen and oxygen atoms in total. The molecule has 0 atom stereocenters. The van der Waals surface area contributed by atoms with Gasteiger partial charge in [-0.2, -0.15) is 0 Å². The molecular formula is C14H13Br2NO3S. The van der Waals surface area contributed by atoms with Crippen LogP contribution < -0.4 is 4.72 Å². The number of hydrogen-bond donors (Lipinski definition) is 1. The SMILES string of the molecule is COCc1c(Br)cccc1NS(=O)(=O)c1cccc(Br)c1. The Balaban J connectivity index is 2.39. The van der Waals surface area contributed by atoms with E-state index in [0.29, 0.717) is 16.8 Å². The second-order valence-electron chi connectivity index (χ2n) is 4.26. The van der Waals surface area contributed by atoms with E-state index in [0.717, 1.165) is 10.0 Å². The summed E-state index contributed by atoms with van der Waals surface area (Å²) in [7, 11) is -2.09. The fourth-order valence-electron chi connectivity index (χ4n) is 1.78. The summed E-state index contributed by atoms with van der Waals surface area (Å²) < 4.78 is 34.1. The lowest BCUT2D eigenvalue weighted by atomic mass is 10.2. The van der Waals surface area contributed by atoms with Gasteiger partial charge in [0.1, 0.15) is 0 Å². The lowest BCUT2D eigenvalue weighted by Crippen LogP contribution is -2.14. The van der Waals surface area contributed by atoms with Crippen LogP contribution >= 0.6 is 31.9 Å². The van der Waals surface area contributed by atoms with Gasteiger partial charge in [0.2, 0.25) is 0 Å². The molecule has 21 heavy (non-hydrogen) atoms. The van der Waals surface area contributed by atoms with E-state index in [1.807, 2.05) is 6.07 Å². The van der Waals surface area contributed by atoms with Gasteiger partial charge in [-0.3, -0.25) is 4.72 Å². The highest BCUT2D eigenvalue weighted by molar-refractivity contribution is 9.10. The van der Waals surface area contributed by atoms with Crippen LogP contribution in [0, 0.1) is 0 Å². The standard InChI is InChI=1S/C14H13Br2NO3S/c1-20-9-12-13(16)6-3-7-14(12)17-21(18,19)11-5-2-4-10(15)8-11/h2-8,17H,9H2,1H3. The van der Waals surface area contributed by atoms with Gasteiger partial charge in [-0.25, -0.2) is 8.42 Å². The van der Waals surface area contributed by atoms with Crippen LogP contribution in [-0.4, -0.2) is 15.5 Å². The molecule has 0 radical (unpaired) electrons. The molecule has 0 fully saturated rings. The highest BCUT2D eigenvalue weighted by atomic mass is 79.9. The quantitative estimate of drug-likeness (QED) is 0.768. The van der Waals surface area contributed by atoms with Crippen molar-refractivity contribution < 1.29 is 13.2 Å². The third kappa shape index (κ3) is 4.06. The van der Waals surface area contributed by atoms with Gasteiger partial charge in [-0.15, -0.1) is 0 Å². The van der Waals surface area contributed by atoms with E-state index >= 15 is 0 Å². The van der Waals surface area contributed by atoms with E-state index in [9.17, 15) is 8.42 Å². The zero-order valence-electron chi connectivity index (χ0n) is 11.1. The minimum atomic E-state index is -3.65. The van der Waals surface area contributed by atoms with E-state index in [4.69, 9.17) is 4.74 Å². The van der Waals surface area contributed by atoms with Crippen LogP contribution in [0.15, 0.2) is 56.3 Å². The Bertz CT molecular complexity index is 748. The Kier molecular flexibility index (Phi) is 5.43. The molecule has 112 valence electrons. The van der Waals surface area contributed by atoms with E-state index < -0.39 is 10.0 Å². The van der Waals surface area contributed by atoms with Crippen molar-refractivity contribution in [1.29, 1.82) is 0 Å². The van der Waals surface area contributed by atoms with E-state index in [1.54, 1.807) is 43.5 Å². The average Bonchev–Trinajstić information content (AvgIpc) is 2.42. The van der Waals surface area contributed by atoms with Crippen LogP contribution in [0.2, 0.25) is 0 Å². The van der Waals surface area contributed by atoms with E-state index in [-0.39, 0.29) is 4.90 Å². The number of rotatable bonds is 5. The predicted molar refractivity (Wildman–Crippen MR) is 89.8 cm³/mol. The Labute approximate surface area is 140 Å². The van der Waals surface area contributed by atoms with Gasteiger partial charge in [0.15, 0.2) is 0 Å². The Morgan fingerprint density at radius 3 is 2.52 bits per heavy atom. The summed E-state index contributed by atoms with van der Waals surface area (Å²) in [6.45, 7) is 0.303. The van der Waals surface area contributed by atoms with Crippen molar-refractivity contribution in [3.63, 3.8) is 0 Å². The molecule has 0 heterocycles. The molecule has 0 aliphatic rings. The Morgan fingerprint density at radius 2 is 1.86 bits per heavy atom. The summed E-state index contributed by atoms with van der Waals surface area (Å²) >= 11 is 6.67. The minimum Gasteiger partial charge on any atom is -0.380 e. The van der Waals surface area contributed by atoms with Crippen LogP contribution in [0.25, 0.3) is 0 Å². The van der Waals surface area contributed by atoms with E-state index in [1.165, 1.54) is 0 Å². The van der Waals surface area contributed by atoms with Crippen molar-refractivity contribution in [1.82, 2.24) is 0 Å². The van der Waals surface area contributed by atoms with Gasteiger partial charge >= 0.3 is 0 Å². The zero-order valence-corrected chi connectivity index (χ0v) is 15.1. The smallest absolute Gasteiger partial charge is 0.261 e. The molecule has 7 heteroatoms. The summed E-state index contributed by atoms with van der Waals surface area (Å²) in [4.78, 5) is 0.195. The summed E-state index contributed by atoms with van der Waals surface area (Å²) in [6.07, 6.45) is 0. The molecule has 2 aromatic carbocycles. The Hall–Kier alpha value is -0.890. The van der Waals surface area contributed by atoms with Crippen molar-refractivity contribution in [3.05, 3.63) is 57.0 Å². The van der Waals surface area contributed by atoms with Crippen molar-refractivity contribution in [3.8, 4) is 0 Å². The molecule has 0 saturated carbocycles. The van der Waals surface area contributed by atoms with Gasteiger partial charge < -0.3 is 4.74 Å². The maximum absolute atomic E-state index is 12.4. The highest BCUT2D eigenvalue weighted by Gasteiger charge is 2.17. The summed E-state index contributed by atoms with van der Waals surface area (Å²) in [5.41, 5.74) is 1.24. The number of benzene rings is 2. The molecule has 0 aliphatic carbocycles. The first-order chi connectivity index (χ1) is 9.94. The van der Waals surface area contributed by atoms with Gasteiger partial charge in [0.25, 0.3) is 10.0 Å². The maximum Gasteiger partial charge on any atom is 0.261 e. The van der Waals surface area contributed by atoms with Crippen molar-refractivity contribution >= 4 is 47.6 Å². The molecule has 0 aromatic heterocycles. The summed E-state index contributed by atoms with van der Waals surface area (Å²) in [5.74, 6) is 0. The number of hydrogen-bond acceptors (Lipinski definition) is 3. The molecule has 0 bridgehead atoms. The third-order valence-corrected chi connectivity index (χ3v) is 5.36. The molecular weight excluding hydrogens is 422 g/mol. The fraction of sp³-hybridized carbons (Fsp3) is 0.143. The molecule has 0 saturated heterocycles. The van der Waals surface area contributed by atoms with Crippen LogP contribution in [0.5, 0.6) is 0 Å². The van der Waals surface area contributed by atoms with Crippen molar-refractivity contribution in [2.45, 2.75) is 11.5 Å². The number of sulfonamides is 1. The lowest BCUT2D eigenvalue weighted by molar-refractivity contribution is 0.185. The zero-order chi connectivity index (χ0) is 15.5. The first-order valence-electron chi connectivity index (χ1n) is 5.99. The molecule has 0 aliphatic heterocycles. The molecule has 2 aromatic rings. The first kappa shape index (κ1) is 16.5. The second kappa shape index (κ2) is 6.91. The lowest BCUT2D eigenvalue weighted by Gasteiger charge is -2.13. The fourth-order valence-corrected chi connectivity index (χ4v) is 3.95.